The van der Waals surface area contributed by atoms with Crippen LogP contribution in [0.1, 0.15) is 0 Å². The smallest absolute Gasteiger partial charge is 0.187 e. The number of aliphatic hydroxyl groups excluding tert-OH is 11. The van der Waals surface area contributed by atoms with Crippen molar-refractivity contribution in [3.05, 3.63) is 0 Å². The van der Waals surface area contributed by atoms with Gasteiger partial charge in [0.15, 0.2) is 12.6 Å². The second-order valence-electron chi connectivity index (χ2n) is 8.66. The van der Waals surface area contributed by atoms with Crippen molar-refractivity contribution < 1.29 is 79.9 Å². The molecular weight excluding hydrogens is 484 g/mol. The molecule has 3 aliphatic rings. The van der Waals surface area contributed by atoms with Crippen molar-refractivity contribution >= 4 is 0 Å². The van der Waals surface area contributed by atoms with Crippen LogP contribution in [0.15, 0.2) is 0 Å². The van der Waals surface area contributed by atoms with E-state index in [1.165, 1.54) is 0 Å². The minimum atomic E-state index is -1.90. The predicted octanol–water partition coefficient (Wildman–Crippen LogP) is -7.53. The van der Waals surface area contributed by atoms with Crippen molar-refractivity contribution in [3.63, 3.8) is 0 Å². The maximum Gasteiger partial charge on any atom is 0.187 e. The van der Waals surface area contributed by atoms with E-state index in [1.807, 2.05) is 0 Å². The van der Waals surface area contributed by atoms with Gasteiger partial charge in [-0.05, 0) is 0 Å². The lowest BCUT2D eigenvalue weighted by molar-refractivity contribution is -0.373. The average molecular weight is 518 g/mol. The first-order valence-electron chi connectivity index (χ1n) is 11.1. The Morgan fingerprint density at radius 3 is 1.23 bits per heavy atom. The van der Waals surface area contributed by atoms with Crippen LogP contribution in [-0.2, 0) is 23.7 Å². The molecule has 3 heterocycles. The molecular formula is C19H34O16. The van der Waals surface area contributed by atoms with Crippen LogP contribution in [-0.4, -0.2) is 175 Å². The molecule has 0 bridgehead atoms. The summed E-state index contributed by atoms with van der Waals surface area (Å²) in [6.07, 6.45) is -24.0. The molecule has 15 unspecified atom stereocenters. The van der Waals surface area contributed by atoms with E-state index in [0.29, 0.717) is 0 Å². The average Bonchev–Trinajstić information content (AvgIpc) is 2.86. The summed E-state index contributed by atoms with van der Waals surface area (Å²) in [6.45, 7) is -2.92. The van der Waals surface area contributed by atoms with E-state index in [9.17, 15) is 56.2 Å². The first-order chi connectivity index (χ1) is 16.6. The van der Waals surface area contributed by atoms with Crippen LogP contribution < -0.4 is 0 Å². The Morgan fingerprint density at radius 1 is 0.400 bits per heavy atom. The van der Waals surface area contributed by atoms with E-state index in [4.69, 9.17) is 23.7 Å². The van der Waals surface area contributed by atoms with E-state index in [-0.39, 0.29) is 0 Å². The van der Waals surface area contributed by atoms with Gasteiger partial charge < -0.3 is 79.9 Å². The largest absolute Gasteiger partial charge is 0.394 e. The van der Waals surface area contributed by atoms with Crippen LogP contribution in [0.5, 0.6) is 0 Å². The molecule has 0 radical (unpaired) electrons. The third kappa shape index (κ3) is 5.78. The first kappa shape index (κ1) is 28.9. The van der Waals surface area contributed by atoms with Gasteiger partial charge >= 0.3 is 0 Å². The van der Waals surface area contributed by atoms with Crippen molar-refractivity contribution in [3.8, 4) is 0 Å². The number of rotatable bonds is 8. The lowest BCUT2D eigenvalue weighted by atomic mass is 9.94. The normalized spacial score (nSPS) is 51.3. The standard InChI is InChI=1S/C19H34O16/c20-1-5-10(25)12(27)16(7(3-22)31-5)34-19-15(30)13(28)17(8(4-23)33-19)35-18-14(29)11(26)9(24)6(2-21)32-18/h5-30H,1-4H2. The lowest BCUT2D eigenvalue weighted by Crippen LogP contribution is -2.66. The van der Waals surface area contributed by atoms with Gasteiger partial charge in [0.05, 0.1) is 26.4 Å². The summed E-state index contributed by atoms with van der Waals surface area (Å²) in [4.78, 5) is 0. The first-order valence-corrected chi connectivity index (χ1v) is 11.1. The zero-order chi connectivity index (χ0) is 26.0. The van der Waals surface area contributed by atoms with Crippen LogP contribution in [0.4, 0.5) is 0 Å². The van der Waals surface area contributed by atoms with Gasteiger partial charge in [0.25, 0.3) is 0 Å². The molecule has 3 fully saturated rings. The van der Waals surface area contributed by atoms with Crippen molar-refractivity contribution in [2.75, 3.05) is 26.4 Å². The SMILES string of the molecule is OCC1OC(OC2C(CO)OC(OC3C(CO)OC(CO)C(O)C3O)C(O)C2O)C(O)C(O)C1O. The predicted molar refractivity (Wildman–Crippen MR) is 106 cm³/mol. The van der Waals surface area contributed by atoms with Gasteiger partial charge in [-0.15, -0.1) is 0 Å². The highest BCUT2D eigenvalue weighted by Gasteiger charge is 2.53. The van der Waals surface area contributed by atoms with Crippen molar-refractivity contribution in [2.45, 2.75) is 91.9 Å². The number of ether oxygens (including phenoxy) is 5. The van der Waals surface area contributed by atoms with Gasteiger partial charge in [-0.3, -0.25) is 0 Å². The van der Waals surface area contributed by atoms with Gasteiger partial charge in [0.1, 0.15) is 79.4 Å². The topological polar surface area (TPSA) is 269 Å². The summed E-state index contributed by atoms with van der Waals surface area (Å²) in [5.74, 6) is 0. The summed E-state index contributed by atoms with van der Waals surface area (Å²) in [5, 5.41) is 110. The quantitative estimate of drug-likeness (QED) is 0.142. The Morgan fingerprint density at radius 2 is 0.743 bits per heavy atom. The summed E-state index contributed by atoms with van der Waals surface area (Å²) in [7, 11) is 0. The molecule has 0 aromatic heterocycles. The van der Waals surface area contributed by atoms with Gasteiger partial charge in [0, 0.05) is 0 Å². The third-order valence-electron chi connectivity index (χ3n) is 6.39. The molecule has 0 saturated carbocycles. The van der Waals surface area contributed by atoms with Crippen molar-refractivity contribution in [2.24, 2.45) is 0 Å². The Labute approximate surface area is 199 Å². The lowest BCUT2D eigenvalue weighted by Gasteiger charge is -2.48. The van der Waals surface area contributed by atoms with Crippen LogP contribution in [0.3, 0.4) is 0 Å². The minimum Gasteiger partial charge on any atom is -0.394 e. The molecule has 0 amide bonds. The fraction of sp³-hybridized carbons (Fsp3) is 1.00. The fourth-order valence-corrected chi connectivity index (χ4v) is 4.31. The van der Waals surface area contributed by atoms with E-state index in [1.54, 1.807) is 0 Å². The second kappa shape index (κ2) is 12.3. The maximum absolute atomic E-state index is 10.6. The van der Waals surface area contributed by atoms with Gasteiger partial charge in [-0.25, -0.2) is 0 Å². The maximum atomic E-state index is 10.6. The molecule has 3 saturated heterocycles. The molecule has 0 aromatic carbocycles. The van der Waals surface area contributed by atoms with Crippen molar-refractivity contribution in [1.29, 1.82) is 0 Å². The molecule has 0 aliphatic carbocycles. The zero-order valence-corrected chi connectivity index (χ0v) is 18.4. The molecule has 16 nitrogen and oxygen atoms in total. The molecule has 16 heteroatoms. The van der Waals surface area contributed by atoms with E-state index in [2.05, 4.69) is 0 Å². The molecule has 0 spiro atoms. The van der Waals surface area contributed by atoms with Gasteiger partial charge in [-0.2, -0.15) is 0 Å². The van der Waals surface area contributed by atoms with Crippen LogP contribution in [0, 0.1) is 0 Å². The molecule has 0 aromatic rings. The summed E-state index contributed by atoms with van der Waals surface area (Å²) in [6, 6.07) is 0. The summed E-state index contributed by atoms with van der Waals surface area (Å²) >= 11 is 0. The van der Waals surface area contributed by atoms with E-state index in [0.717, 1.165) is 0 Å². The van der Waals surface area contributed by atoms with Crippen LogP contribution in [0.25, 0.3) is 0 Å². The number of aliphatic hydroxyl groups is 11. The highest BCUT2D eigenvalue weighted by molar-refractivity contribution is 4.97. The molecule has 3 aliphatic heterocycles. The highest BCUT2D eigenvalue weighted by Crippen LogP contribution is 2.32. The Bertz CT molecular complexity index is 650. The van der Waals surface area contributed by atoms with Gasteiger partial charge in [-0.1, -0.05) is 0 Å². The Kier molecular flexibility index (Phi) is 10.1. The molecule has 3 rings (SSSR count). The molecule has 35 heavy (non-hydrogen) atoms. The number of hydrogen-bond donors (Lipinski definition) is 11. The molecule has 206 valence electrons. The molecule has 15 atom stereocenters. The second-order valence-corrected chi connectivity index (χ2v) is 8.66. The highest BCUT2D eigenvalue weighted by atomic mass is 16.7. The van der Waals surface area contributed by atoms with Crippen molar-refractivity contribution in [1.82, 2.24) is 0 Å². The Hall–Kier alpha value is -0.640. The minimum absolute atomic E-state index is 0.660. The Balaban J connectivity index is 1.72. The number of hydrogen-bond acceptors (Lipinski definition) is 16. The zero-order valence-electron chi connectivity index (χ0n) is 18.4. The van der Waals surface area contributed by atoms with Crippen LogP contribution >= 0.6 is 0 Å². The fourth-order valence-electron chi connectivity index (χ4n) is 4.31. The monoisotopic (exact) mass is 518 g/mol. The van der Waals surface area contributed by atoms with Crippen LogP contribution in [0.2, 0.25) is 0 Å². The molecule has 11 N–H and O–H groups in total. The summed E-state index contributed by atoms with van der Waals surface area (Å²) in [5.41, 5.74) is 0. The van der Waals surface area contributed by atoms with E-state index >= 15 is 0 Å². The van der Waals surface area contributed by atoms with Gasteiger partial charge in [0.2, 0.25) is 0 Å². The summed E-state index contributed by atoms with van der Waals surface area (Å²) < 4.78 is 26.9. The third-order valence-corrected chi connectivity index (χ3v) is 6.39. The van der Waals surface area contributed by atoms with E-state index < -0.39 is 118 Å².